The number of hydrogen-bond donors (Lipinski definition) is 3. The zero-order chi connectivity index (χ0) is 13.7. The molecule has 7 nitrogen and oxygen atoms in total. The van der Waals surface area contributed by atoms with Gasteiger partial charge in [-0.15, -0.1) is 0 Å². The molecule has 2 rings (SSSR count). The van der Waals surface area contributed by atoms with Crippen LogP contribution in [0.5, 0.6) is 0 Å². The van der Waals surface area contributed by atoms with E-state index in [9.17, 15) is 4.79 Å². The van der Waals surface area contributed by atoms with Gasteiger partial charge in [-0.2, -0.15) is 5.26 Å². The number of nitrogen functional groups attached to an aromatic ring is 1. The molecule has 0 aliphatic rings. The van der Waals surface area contributed by atoms with Crippen LogP contribution in [0, 0.1) is 11.3 Å². The van der Waals surface area contributed by atoms with Gasteiger partial charge in [0.15, 0.2) is 5.82 Å². The average molecular weight is 254 g/mol. The molecular formula is C12H10N6O. The Balaban J connectivity index is 2.13. The van der Waals surface area contributed by atoms with Crippen molar-refractivity contribution < 1.29 is 4.79 Å². The Bertz CT molecular complexity index is 631. The van der Waals surface area contributed by atoms with Crippen LogP contribution in [0.2, 0.25) is 0 Å². The van der Waals surface area contributed by atoms with Crippen molar-refractivity contribution in [2.75, 3.05) is 10.7 Å². The van der Waals surface area contributed by atoms with Gasteiger partial charge in [-0.1, -0.05) is 6.07 Å². The summed E-state index contributed by atoms with van der Waals surface area (Å²) in [6.07, 6.45) is 2.65. The highest BCUT2D eigenvalue weighted by atomic mass is 16.1. The number of nitriles is 1. The van der Waals surface area contributed by atoms with Gasteiger partial charge in [-0.3, -0.25) is 4.79 Å². The van der Waals surface area contributed by atoms with Crippen molar-refractivity contribution in [1.29, 1.82) is 5.26 Å². The van der Waals surface area contributed by atoms with Crippen LogP contribution in [0.25, 0.3) is 0 Å². The largest absolute Gasteiger partial charge is 0.321 e. The maximum atomic E-state index is 11.9. The van der Waals surface area contributed by atoms with Crippen LogP contribution in [-0.2, 0) is 0 Å². The van der Waals surface area contributed by atoms with Crippen molar-refractivity contribution in [2.45, 2.75) is 0 Å². The number of hydrazine groups is 1. The Morgan fingerprint density at radius 3 is 2.79 bits per heavy atom. The highest BCUT2D eigenvalue weighted by molar-refractivity contribution is 6.02. The molecule has 2 aromatic rings. The van der Waals surface area contributed by atoms with Crippen molar-refractivity contribution in [1.82, 2.24) is 9.97 Å². The van der Waals surface area contributed by atoms with E-state index in [2.05, 4.69) is 20.7 Å². The lowest BCUT2D eigenvalue weighted by atomic mass is 10.2. The molecule has 0 aliphatic carbocycles. The third-order valence-electron chi connectivity index (χ3n) is 2.28. The number of carbonyl (C=O) groups excluding carboxylic acids is 1. The van der Waals surface area contributed by atoms with Gasteiger partial charge in [0, 0.05) is 5.69 Å². The number of anilines is 2. The molecular weight excluding hydrogens is 244 g/mol. The Kier molecular flexibility index (Phi) is 3.66. The predicted molar refractivity (Wildman–Crippen MR) is 69.0 cm³/mol. The molecule has 0 atom stereocenters. The summed E-state index contributed by atoms with van der Waals surface area (Å²) in [6, 6.07) is 8.58. The summed E-state index contributed by atoms with van der Waals surface area (Å²) in [5.74, 6) is 5.10. The van der Waals surface area contributed by atoms with E-state index in [4.69, 9.17) is 11.1 Å². The second-order valence-corrected chi connectivity index (χ2v) is 3.58. The van der Waals surface area contributed by atoms with E-state index in [1.807, 2.05) is 6.07 Å². The fourth-order valence-corrected chi connectivity index (χ4v) is 1.38. The molecule has 0 saturated heterocycles. The van der Waals surface area contributed by atoms with Crippen molar-refractivity contribution in [3.05, 3.63) is 47.9 Å². The van der Waals surface area contributed by atoms with E-state index in [1.54, 1.807) is 24.3 Å². The predicted octanol–water partition coefficient (Wildman–Crippen LogP) is 0.886. The van der Waals surface area contributed by atoms with E-state index in [1.165, 1.54) is 12.4 Å². The van der Waals surface area contributed by atoms with Crippen molar-refractivity contribution in [3.63, 3.8) is 0 Å². The molecule has 0 bridgehead atoms. The zero-order valence-electron chi connectivity index (χ0n) is 9.79. The first kappa shape index (κ1) is 12.5. The highest BCUT2D eigenvalue weighted by Crippen LogP contribution is 2.11. The van der Waals surface area contributed by atoms with E-state index in [-0.39, 0.29) is 5.69 Å². The molecule has 7 heteroatoms. The number of rotatable bonds is 3. The molecule has 94 valence electrons. The molecule has 0 unspecified atom stereocenters. The number of nitrogens with zero attached hydrogens (tertiary/aromatic N) is 3. The van der Waals surface area contributed by atoms with Crippen molar-refractivity contribution in [3.8, 4) is 6.07 Å². The van der Waals surface area contributed by atoms with Crippen molar-refractivity contribution in [2.24, 2.45) is 5.84 Å². The van der Waals surface area contributed by atoms with E-state index in [0.29, 0.717) is 17.1 Å². The average Bonchev–Trinajstić information content (AvgIpc) is 2.47. The highest BCUT2D eigenvalue weighted by Gasteiger charge is 2.08. The van der Waals surface area contributed by atoms with Gasteiger partial charge in [0.1, 0.15) is 5.69 Å². The molecule has 0 aliphatic heterocycles. The third-order valence-corrected chi connectivity index (χ3v) is 2.28. The van der Waals surface area contributed by atoms with Crippen molar-refractivity contribution >= 4 is 17.4 Å². The normalized spacial score (nSPS) is 9.47. The lowest BCUT2D eigenvalue weighted by Gasteiger charge is -2.05. The first-order chi connectivity index (χ1) is 9.22. The quantitative estimate of drug-likeness (QED) is 0.553. The maximum Gasteiger partial charge on any atom is 0.275 e. The summed E-state index contributed by atoms with van der Waals surface area (Å²) < 4.78 is 0. The van der Waals surface area contributed by atoms with E-state index in [0.717, 1.165) is 0 Å². The lowest BCUT2D eigenvalue weighted by Crippen LogP contribution is -2.15. The topological polar surface area (TPSA) is 117 Å². The first-order valence-corrected chi connectivity index (χ1v) is 5.33. The Morgan fingerprint density at radius 2 is 2.16 bits per heavy atom. The Morgan fingerprint density at radius 1 is 1.32 bits per heavy atom. The van der Waals surface area contributed by atoms with Crippen LogP contribution >= 0.6 is 0 Å². The summed E-state index contributed by atoms with van der Waals surface area (Å²) in [4.78, 5) is 19.7. The van der Waals surface area contributed by atoms with Gasteiger partial charge in [-0.05, 0) is 18.2 Å². The van der Waals surface area contributed by atoms with E-state index < -0.39 is 5.91 Å². The number of nitrogens with one attached hydrogen (secondary N) is 2. The summed E-state index contributed by atoms with van der Waals surface area (Å²) in [7, 11) is 0. The van der Waals surface area contributed by atoms with E-state index >= 15 is 0 Å². The van der Waals surface area contributed by atoms with Gasteiger partial charge in [0.2, 0.25) is 0 Å². The van der Waals surface area contributed by atoms with Gasteiger partial charge >= 0.3 is 0 Å². The van der Waals surface area contributed by atoms with Gasteiger partial charge < -0.3 is 10.7 Å². The van der Waals surface area contributed by atoms with Crippen LogP contribution < -0.4 is 16.6 Å². The number of aromatic nitrogens is 2. The molecule has 0 fully saturated rings. The third kappa shape index (κ3) is 3.02. The fourth-order valence-electron chi connectivity index (χ4n) is 1.38. The molecule has 1 aromatic heterocycles. The summed E-state index contributed by atoms with van der Waals surface area (Å²) >= 11 is 0. The Hall–Kier alpha value is -2.98. The summed E-state index contributed by atoms with van der Waals surface area (Å²) in [6.45, 7) is 0. The summed E-state index contributed by atoms with van der Waals surface area (Å²) in [5.41, 5.74) is 3.46. The molecule has 1 heterocycles. The lowest BCUT2D eigenvalue weighted by molar-refractivity contribution is 0.102. The SMILES string of the molecule is N#Cc1cccc(NC(=O)c2cnc(NN)cn2)c1. The second kappa shape index (κ2) is 5.57. The van der Waals surface area contributed by atoms with Gasteiger partial charge in [0.05, 0.1) is 24.0 Å². The first-order valence-electron chi connectivity index (χ1n) is 5.33. The fraction of sp³-hybridized carbons (Fsp3) is 0. The number of nitrogens with two attached hydrogens (primary N) is 1. The van der Waals surface area contributed by atoms with Gasteiger partial charge in [-0.25, -0.2) is 15.8 Å². The summed E-state index contributed by atoms with van der Waals surface area (Å²) in [5, 5.41) is 11.4. The molecule has 19 heavy (non-hydrogen) atoms. The minimum absolute atomic E-state index is 0.154. The molecule has 0 spiro atoms. The number of hydrogen-bond acceptors (Lipinski definition) is 6. The van der Waals surface area contributed by atoms with Gasteiger partial charge in [0.25, 0.3) is 5.91 Å². The molecule has 1 amide bonds. The van der Waals surface area contributed by atoms with Crippen LogP contribution in [0.3, 0.4) is 0 Å². The standard InChI is InChI=1S/C12H10N6O/c13-5-8-2-1-3-9(4-8)17-12(19)10-6-16-11(18-14)7-15-10/h1-4,6-7H,14H2,(H,16,18)(H,17,19). The second-order valence-electron chi connectivity index (χ2n) is 3.58. The molecule has 0 saturated carbocycles. The number of amides is 1. The zero-order valence-corrected chi connectivity index (χ0v) is 9.79. The molecule has 1 aromatic carbocycles. The van der Waals surface area contributed by atoms with Crippen LogP contribution in [0.15, 0.2) is 36.7 Å². The van der Waals surface area contributed by atoms with Crippen LogP contribution in [0.4, 0.5) is 11.5 Å². The molecule has 4 N–H and O–H groups in total. The minimum Gasteiger partial charge on any atom is -0.321 e. The number of carbonyl (C=O) groups is 1. The smallest absolute Gasteiger partial charge is 0.275 e. The van der Waals surface area contributed by atoms with Crippen LogP contribution in [0.1, 0.15) is 16.1 Å². The monoisotopic (exact) mass is 254 g/mol. The minimum atomic E-state index is -0.411. The molecule has 0 radical (unpaired) electrons. The van der Waals surface area contributed by atoms with Crippen LogP contribution in [-0.4, -0.2) is 15.9 Å². The number of benzene rings is 1. The maximum absolute atomic E-state index is 11.9. The Labute approximate surface area is 109 Å².